The van der Waals surface area contributed by atoms with Crippen LogP contribution in [-0.2, 0) is 4.74 Å². The molecule has 0 radical (unpaired) electrons. The van der Waals surface area contributed by atoms with E-state index in [9.17, 15) is 0 Å². The highest BCUT2D eigenvalue weighted by Crippen LogP contribution is 1.81. The van der Waals surface area contributed by atoms with Crippen LogP contribution in [0.1, 0.15) is 20.3 Å². The second kappa shape index (κ2) is 6.76. The molecule has 0 aliphatic carbocycles. The van der Waals surface area contributed by atoms with Crippen LogP contribution in [0.4, 0.5) is 0 Å². The van der Waals surface area contributed by atoms with Gasteiger partial charge in [-0.15, -0.1) is 12.4 Å². The molecule has 0 amide bonds. The molecule has 3 heteroatoms. The van der Waals surface area contributed by atoms with Gasteiger partial charge in [0, 0.05) is 6.42 Å². The molecular formula is C5H12ClNO. The van der Waals surface area contributed by atoms with E-state index >= 15 is 0 Å². The van der Waals surface area contributed by atoms with Gasteiger partial charge in [0.15, 0.2) is 5.90 Å². The van der Waals surface area contributed by atoms with Crippen molar-refractivity contribution in [2.75, 3.05) is 6.61 Å². The number of nitrogens with one attached hydrogen (secondary N) is 1. The van der Waals surface area contributed by atoms with Crippen LogP contribution in [0.3, 0.4) is 0 Å². The molecule has 2 nitrogen and oxygen atoms in total. The molecule has 0 rings (SSSR count). The maximum atomic E-state index is 6.92. The highest BCUT2D eigenvalue weighted by atomic mass is 35.5. The van der Waals surface area contributed by atoms with E-state index in [0.29, 0.717) is 18.9 Å². The Kier molecular flexibility index (Phi) is 9.03. The Balaban J connectivity index is 0. The summed E-state index contributed by atoms with van der Waals surface area (Å²) in [4.78, 5) is 0. The fourth-order valence-corrected chi connectivity index (χ4v) is 0.276. The zero-order chi connectivity index (χ0) is 5.70. The van der Waals surface area contributed by atoms with Crippen LogP contribution in [0.5, 0.6) is 0 Å². The van der Waals surface area contributed by atoms with Crippen molar-refractivity contribution in [3.8, 4) is 0 Å². The monoisotopic (exact) mass is 137 g/mol. The van der Waals surface area contributed by atoms with Gasteiger partial charge in [-0.3, -0.25) is 5.41 Å². The molecule has 0 saturated carbocycles. The van der Waals surface area contributed by atoms with Crippen LogP contribution >= 0.6 is 12.4 Å². The molecule has 0 heterocycles. The van der Waals surface area contributed by atoms with Gasteiger partial charge in [-0.25, -0.2) is 0 Å². The van der Waals surface area contributed by atoms with E-state index in [0.717, 1.165) is 0 Å². The van der Waals surface area contributed by atoms with Crippen molar-refractivity contribution in [3.63, 3.8) is 0 Å². The molecule has 0 fully saturated rings. The summed E-state index contributed by atoms with van der Waals surface area (Å²) in [5.41, 5.74) is 0. The van der Waals surface area contributed by atoms with Gasteiger partial charge in [-0.05, 0) is 6.92 Å². The number of hydrogen-bond donors (Lipinski definition) is 1. The van der Waals surface area contributed by atoms with Crippen molar-refractivity contribution >= 4 is 18.3 Å². The van der Waals surface area contributed by atoms with E-state index in [1.54, 1.807) is 0 Å². The lowest BCUT2D eigenvalue weighted by Crippen LogP contribution is -1.99. The molecular weight excluding hydrogens is 126 g/mol. The molecule has 50 valence electrons. The molecule has 0 aromatic heterocycles. The third kappa shape index (κ3) is 5.76. The van der Waals surface area contributed by atoms with E-state index in [-0.39, 0.29) is 12.4 Å². The van der Waals surface area contributed by atoms with Crippen LogP contribution < -0.4 is 0 Å². The number of hydrogen-bond acceptors (Lipinski definition) is 2. The summed E-state index contributed by atoms with van der Waals surface area (Å²) in [6.07, 6.45) is 0.702. The highest BCUT2D eigenvalue weighted by molar-refractivity contribution is 5.85. The van der Waals surface area contributed by atoms with Gasteiger partial charge >= 0.3 is 0 Å². The molecule has 0 aliphatic heterocycles. The normalized spacial score (nSPS) is 7.25. The maximum Gasteiger partial charge on any atom is 0.180 e. The maximum absolute atomic E-state index is 6.92. The molecule has 0 atom stereocenters. The topological polar surface area (TPSA) is 33.1 Å². The lowest BCUT2D eigenvalue weighted by Gasteiger charge is -1.97. The van der Waals surface area contributed by atoms with Crippen molar-refractivity contribution in [2.45, 2.75) is 20.3 Å². The smallest absolute Gasteiger partial charge is 0.180 e. The first-order chi connectivity index (χ1) is 3.31. The van der Waals surface area contributed by atoms with Crippen LogP contribution in [0.15, 0.2) is 0 Å². The molecule has 8 heavy (non-hydrogen) atoms. The molecule has 0 bridgehead atoms. The van der Waals surface area contributed by atoms with Gasteiger partial charge in [0.2, 0.25) is 0 Å². The summed E-state index contributed by atoms with van der Waals surface area (Å²) in [5, 5.41) is 6.92. The summed E-state index contributed by atoms with van der Waals surface area (Å²) < 4.78 is 4.77. The zero-order valence-corrected chi connectivity index (χ0v) is 6.05. The van der Waals surface area contributed by atoms with Gasteiger partial charge in [0.25, 0.3) is 0 Å². The van der Waals surface area contributed by atoms with Gasteiger partial charge in [0.1, 0.15) is 0 Å². The van der Waals surface area contributed by atoms with Gasteiger partial charge in [0.05, 0.1) is 6.61 Å². The second-order valence-electron chi connectivity index (χ2n) is 1.21. The van der Waals surface area contributed by atoms with Crippen molar-refractivity contribution in [2.24, 2.45) is 0 Å². The quantitative estimate of drug-likeness (QED) is 0.457. The number of halogens is 1. The second-order valence-corrected chi connectivity index (χ2v) is 1.21. The van der Waals surface area contributed by atoms with Crippen molar-refractivity contribution in [3.05, 3.63) is 0 Å². The van der Waals surface area contributed by atoms with Crippen molar-refractivity contribution in [1.82, 2.24) is 0 Å². The lowest BCUT2D eigenvalue weighted by molar-refractivity contribution is 0.316. The van der Waals surface area contributed by atoms with E-state index in [2.05, 4.69) is 0 Å². The fraction of sp³-hybridized carbons (Fsp3) is 0.800. The van der Waals surface area contributed by atoms with Crippen molar-refractivity contribution in [1.29, 1.82) is 5.41 Å². The van der Waals surface area contributed by atoms with Gasteiger partial charge in [-0.2, -0.15) is 0 Å². The zero-order valence-electron chi connectivity index (χ0n) is 5.23. The Labute approximate surface area is 56.2 Å². The largest absolute Gasteiger partial charge is 0.481 e. The van der Waals surface area contributed by atoms with E-state index in [1.165, 1.54) is 0 Å². The minimum Gasteiger partial charge on any atom is -0.481 e. The minimum absolute atomic E-state index is 0. The van der Waals surface area contributed by atoms with Crippen molar-refractivity contribution < 1.29 is 4.74 Å². The van der Waals surface area contributed by atoms with Crippen LogP contribution in [0.25, 0.3) is 0 Å². The molecule has 1 N–H and O–H groups in total. The number of rotatable bonds is 2. The molecule has 0 spiro atoms. The summed E-state index contributed by atoms with van der Waals surface area (Å²) >= 11 is 0. The summed E-state index contributed by atoms with van der Waals surface area (Å²) in [6, 6.07) is 0. The summed E-state index contributed by atoms with van der Waals surface area (Å²) in [6.45, 7) is 4.40. The molecule has 0 aromatic carbocycles. The van der Waals surface area contributed by atoms with Gasteiger partial charge < -0.3 is 4.74 Å². The predicted molar refractivity (Wildman–Crippen MR) is 36.9 cm³/mol. The fourth-order valence-electron chi connectivity index (χ4n) is 0.276. The van der Waals surface area contributed by atoms with Crippen LogP contribution in [-0.4, -0.2) is 12.5 Å². The van der Waals surface area contributed by atoms with Gasteiger partial charge in [-0.1, -0.05) is 6.92 Å². The van der Waals surface area contributed by atoms with E-state index in [4.69, 9.17) is 10.1 Å². The van der Waals surface area contributed by atoms with Crippen LogP contribution in [0, 0.1) is 5.41 Å². The SMILES string of the molecule is CCOC(=N)CC.Cl. The first kappa shape index (κ1) is 10.7. The molecule has 0 aliphatic rings. The Morgan fingerprint density at radius 3 is 2.12 bits per heavy atom. The predicted octanol–water partition coefficient (Wildman–Crippen LogP) is 1.83. The molecule has 0 aromatic rings. The Morgan fingerprint density at radius 1 is 1.50 bits per heavy atom. The number of ether oxygens (including phenoxy) is 1. The summed E-state index contributed by atoms with van der Waals surface area (Å²) in [5.74, 6) is 0.377. The first-order valence-corrected chi connectivity index (χ1v) is 2.51. The Bertz CT molecular complexity index is 65.4. The Morgan fingerprint density at radius 2 is 2.00 bits per heavy atom. The third-order valence-electron chi connectivity index (χ3n) is 0.640. The highest BCUT2D eigenvalue weighted by Gasteiger charge is 1.85. The van der Waals surface area contributed by atoms with Crippen LogP contribution in [0.2, 0.25) is 0 Å². The molecule has 0 unspecified atom stereocenters. The standard InChI is InChI=1S/C5H11NO.ClH/c1-3-5(6)7-4-2;/h6H,3-4H2,1-2H3;1H. The Hall–Kier alpha value is -0.240. The third-order valence-corrected chi connectivity index (χ3v) is 0.640. The van der Waals surface area contributed by atoms with E-state index < -0.39 is 0 Å². The average Bonchev–Trinajstić information content (AvgIpc) is 1.68. The average molecular weight is 138 g/mol. The molecule has 0 saturated heterocycles. The minimum atomic E-state index is 0. The van der Waals surface area contributed by atoms with E-state index in [1.807, 2.05) is 13.8 Å². The first-order valence-electron chi connectivity index (χ1n) is 2.51. The lowest BCUT2D eigenvalue weighted by atomic mass is 10.5. The summed E-state index contributed by atoms with van der Waals surface area (Å²) in [7, 11) is 0.